The first-order chi connectivity index (χ1) is 9.95. The van der Waals surface area contributed by atoms with E-state index in [1.807, 2.05) is 12.1 Å². The van der Waals surface area contributed by atoms with Crippen molar-refractivity contribution >= 4 is 11.6 Å². The molecule has 1 aliphatic rings. The van der Waals surface area contributed by atoms with Gasteiger partial charge in [-0.05, 0) is 38.9 Å². The fourth-order valence-electron chi connectivity index (χ4n) is 3.31. The fraction of sp³-hybridized carbons (Fsp3) is 0.647. The molecule has 2 N–H and O–H groups in total. The number of hydrogen-bond donors (Lipinski definition) is 1. The van der Waals surface area contributed by atoms with Crippen LogP contribution in [0.3, 0.4) is 0 Å². The average molecular weight is 310 g/mol. The van der Waals surface area contributed by atoms with Gasteiger partial charge in [-0.3, -0.25) is 9.80 Å². The normalized spacial score (nSPS) is 27.5. The van der Waals surface area contributed by atoms with E-state index >= 15 is 0 Å². The zero-order valence-corrected chi connectivity index (χ0v) is 14.3. The molecule has 118 valence electrons. The number of likely N-dealkylation sites (N-methyl/N-ethyl adjacent to an activating group) is 1. The molecule has 3 nitrogen and oxygen atoms in total. The molecule has 0 bridgehead atoms. The van der Waals surface area contributed by atoms with Crippen molar-refractivity contribution < 1.29 is 0 Å². The number of nitrogens with two attached hydrogens (primary N) is 1. The predicted octanol–water partition coefficient (Wildman–Crippen LogP) is 3.14. The molecule has 0 aromatic heterocycles. The molecule has 21 heavy (non-hydrogen) atoms. The van der Waals surface area contributed by atoms with Crippen LogP contribution in [0.4, 0.5) is 0 Å². The molecule has 0 amide bonds. The van der Waals surface area contributed by atoms with Crippen LogP contribution in [0.5, 0.6) is 0 Å². The van der Waals surface area contributed by atoms with Gasteiger partial charge in [0.25, 0.3) is 0 Å². The molecule has 0 spiro atoms. The highest BCUT2D eigenvalue weighted by Gasteiger charge is 2.34. The smallest absolute Gasteiger partial charge is 0.0515 e. The lowest BCUT2D eigenvalue weighted by atomic mass is 9.94. The Balaban J connectivity index is 2.31. The van der Waals surface area contributed by atoms with Crippen molar-refractivity contribution in [1.29, 1.82) is 0 Å². The van der Waals surface area contributed by atoms with E-state index in [0.717, 1.165) is 30.1 Å². The van der Waals surface area contributed by atoms with Crippen molar-refractivity contribution in [3.05, 3.63) is 34.9 Å². The maximum atomic E-state index is 6.46. The van der Waals surface area contributed by atoms with E-state index in [-0.39, 0.29) is 12.1 Å². The molecule has 1 heterocycles. The summed E-state index contributed by atoms with van der Waals surface area (Å²) in [4.78, 5) is 4.96. The Kier molecular flexibility index (Phi) is 5.67. The van der Waals surface area contributed by atoms with Gasteiger partial charge in [-0.2, -0.15) is 0 Å². The third-order valence-corrected chi connectivity index (χ3v) is 5.23. The lowest BCUT2D eigenvalue weighted by Gasteiger charge is -2.47. The van der Waals surface area contributed by atoms with Crippen molar-refractivity contribution in [2.24, 2.45) is 5.73 Å². The standard InChI is InChI=1S/C17H28ClN3/c1-5-16(19)17(14-8-6-7-9-15(14)18)21-10-12(2)20(4)13(3)11-21/h6-9,12-13,16-17H,5,10-11,19H2,1-4H3. The predicted molar refractivity (Wildman–Crippen MR) is 90.7 cm³/mol. The van der Waals surface area contributed by atoms with Gasteiger partial charge in [0.15, 0.2) is 0 Å². The van der Waals surface area contributed by atoms with Crippen LogP contribution in [0.1, 0.15) is 38.8 Å². The van der Waals surface area contributed by atoms with Gasteiger partial charge in [-0.15, -0.1) is 0 Å². The largest absolute Gasteiger partial charge is 0.326 e. The average Bonchev–Trinajstić information content (AvgIpc) is 2.46. The zero-order valence-electron chi connectivity index (χ0n) is 13.6. The summed E-state index contributed by atoms with van der Waals surface area (Å²) in [6, 6.07) is 9.49. The molecular formula is C17H28ClN3. The molecule has 1 aromatic rings. The Labute approximate surface area is 134 Å². The van der Waals surface area contributed by atoms with Gasteiger partial charge in [-0.25, -0.2) is 0 Å². The topological polar surface area (TPSA) is 32.5 Å². The molecule has 1 aliphatic heterocycles. The number of hydrogen-bond acceptors (Lipinski definition) is 3. The van der Waals surface area contributed by atoms with E-state index in [2.05, 4.69) is 49.8 Å². The maximum absolute atomic E-state index is 6.46. The van der Waals surface area contributed by atoms with Crippen molar-refractivity contribution in [3.63, 3.8) is 0 Å². The number of rotatable bonds is 4. The summed E-state index contributed by atoms with van der Waals surface area (Å²) in [5.74, 6) is 0. The Morgan fingerprint density at radius 2 is 1.81 bits per heavy atom. The minimum atomic E-state index is 0.104. The van der Waals surface area contributed by atoms with E-state index < -0.39 is 0 Å². The van der Waals surface area contributed by atoms with Crippen molar-refractivity contribution in [3.8, 4) is 0 Å². The Bertz CT molecular complexity index is 453. The minimum absolute atomic E-state index is 0.104. The van der Waals surface area contributed by atoms with Crippen LogP contribution in [0.25, 0.3) is 0 Å². The van der Waals surface area contributed by atoms with Gasteiger partial charge >= 0.3 is 0 Å². The van der Waals surface area contributed by atoms with E-state index in [0.29, 0.717) is 12.1 Å². The van der Waals surface area contributed by atoms with Gasteiger partial charge in [0.05, 0.1) is 6.04 Å². The number of piperazine rings is 1. The van der Waals surface area contributed by atoms with Crippen molar-refractivity contribution in [2.45, 2.75) is 51.4 Å². The molecule has 2 rings (SSSR count). The molecule has 4 atom stereocenters. The second kappa shape index (κ2) is 7.10. The summed E-state index contributed by atoms with van der Waals surface area (Å²) in [6.07, 6.45) is 0.949. The van der Waals surface area contributed by atoms with Crippen LogP contribution >= 0.6 is 11.6 Å². The van der Waals surface area contributed by atoms with Crippen LogP contribution in [0.2, 0.25) is 5.02 Å². The van der Waals surface area contributed by atoms with E-state index in [1.165, 1.54) is 0 Å². The monoisotopic (exact) mass is 309 g/mol. The molecule has 0 aliphatic carbocycles. The second-order valence-electron chi connectivity index (χ2n) is 6.36. The summed E-state index contributed by atoms with van der Waals surface area (Å²) in [5, 5.41) is 0.825. The maximum Gasteiger partial charge on any atom is 0.0515 e. The van der Waals surface area contributed by atoms with Crippen molar-refractivity contribution in [2.75, 3.05) is 20.1 Å². The highest BCUT2D eigenvalue weighted by Crippen LogP contribution is 2.33. The lowest BCUT2D eigenvalue weighted by Crippen LogP contribution is -2.57. The quantitative estimate of drug-likeness (QED) is 0.927. The van der Waals surface area contributed by atoms with Gasteiger partial charge in [0.1, 0.15) is 0 Å². The number of halogens is 1. The van der Waals surface area contributed by atoms with E-state index in [4.69, 9.17) is 17.3 Å². The molecule has 0 radical (unpaired) electrons. The number of nitrogens with zero attached hydrogens (tertiary/aromatic N) is 2. The first-order valence-electron chi connectivity index (χ1n) is 7.91. The zero-order chi connectivity index (χ0) is 15.6. The molecule has 4 heteroatoms. The SMILES string of the molecule is CCC(N)C(c1ccccc1Cl)N1CC(C)N(C)C(C)C1. The summed E-state index contributed by atoms with van der Waals surface area (Å²) in [7, 11) is 2.21. The lowest BCUT2D eigenvalue weighted by molar-refractivity contribution is 0.0254. The summed E-state index contributed by atoms with van der Waals surface area (Å²) in [6.45, 7) is 8.78. The summed E-state index contributed by atoms with van der Waals surface area (Å²) < 4.78 is 0. The Morgan fingerprint density at radius 1 is 1.24 bits per heavy atom. The summed E-state index contributed by atoms with van der Waals surface area (Å²) in [5.41, 5.74) is 7.62. The molecule has 1 fully saturated rings. The highest BCUT2D eigenvalue weighted by molar-refractivity contribution is 6.31. The van der Waals surface area contributed by atoms with Gasteiger partial charge in [0, 0.05) is 36.2 Å². The van der Waals surface area contributed by atoms with Crippen LogP contribution in [-0.4, -0.2) is 48.1 Å². The first-order valence-corrected chi connectivity index (χ1v) is 8.29. The third-order valence-electron chi connectivity index (χ3n) is 4.88. The van der Waals surface area contributed by atoms with E-state index in [1.54, 1.807) is 0 Å². The number of benzene rings is 1. The molecule has 4 unspecified atom stereocenters. The molecule has 1 aromatic carbocycles. The summed E-state index contributed by atoms with van der Waals surface area (Å²) >= 11 is 6.45. The van der Waals surface area contributed by atoms with Crippen LogP contribution < -0.4 is 5.73 Å². The fourth-order valence-corrected chi connectivity index (χ4v) is 3.56. The van der Waals surface area contributed by atoms with Crippen LogP contribution in [0, 0.1) is 0 Å². The van der Waals surface area contributed by atoms with Crippen molar-refractivity contribution in [1.82, 2.24) is 9.80 Å². The molecule has 1 saturated heterocycles. The van der Waals surface area contributed by atoms with Crippen LogP contribution in [-0.2, 0) is 0 Å². The highest BCUT2D eigenvalue weighted by atomic mass is 35.5. The Morgan fingerprint density at radius 3 is 2.33 bits per heavy atom. The molecule has 0 saturated carbocycles. The van der Waals surface area contributed by atoms with E-state index in [9.17, 15) is 0 Å². The Hall–Kier alpha value is -0.610. The van der Waals surface area contributed by atoms with Gasteiger partial charge < -0.3 is 5.73 Å². The first kappa shape index (κ1) is 16.8. The minimum Gasteiger partial charge on any atom is -0.326 e. The second-order valence-corrected chi connectivity index (χ2v) is 6.76. The third kappa shape index (κ3) is 3.59. The van der Waals surface area contributed by atoms with Gasteiger partial charge in [-0.1, -0.05) is 36.7 Å². The van der Waals surface area contributed by atoms with Gasteiger partial charge in [0.2, 0.25) is 0 Å². The molecular weight excluding hydrogens is 282 g/mol. The van der Waals surface area contributed by atoms with Crippen LogP contribution in [0.15, 0.2) is 24.3 Å².